The lowest BCUT2D eigenvalue weighted by molar-refractivity contribution is -0.123. The van der Waals surface area contributed by atoms with Gasteiger partial charge in [0, 0.05) is 11.3 Å². The molecule has 3 N–H and O–H groups in total. The number of carbonyl (C=O) groups excluding carboxylic acids is 2. The normalized spacial score (nSPS) is 16.4. The number of hydrogen-bond donors (Lipinski definition) is 2. The minimum Gasteiger partial charge on any atom is -0.368 e. The van der Waals surface area contributed by atoms with Crippen LogP contribution in [0.1, 0.15) is 36.0 Å². The van der Waals surface area contributed by atoms with Crippen LogP contribution in [0.25, 0.3) is 5.69 Å². The van der Waals surface area contributed by atoms with Crippen LogP contribution in [0.4, 0.5) is 0 Å². The Labute approximate surface area is 127 Å². The first-order valence-electron chi connectivity index (χ1n) is 7.18. The molecule has 1 aromatic heterocycles. The second-order valence-corrected chi connectivity index (χ2v) is 5.53. The monoisotopic (exact) mass is 299 g/mol. The van der Waals surface area contributed by atoms with Crippen LogP contribution in [-0.4, -0.2) is 32.1 Å². The Morgan fingerprint density at radius 3 is 2.50 bits per heavy atom. The van der Waals surface area contributed by atoms with Crippen LogP contribution in [0.2, 0.25) is 0 Å². The molecule has 7 heteroatoms. The van der Waals surface area contributed by atoms with Crippen LogP contribution in [-0.2, 0) is 4.79 Å². The second kappa shape index (κ2) is 5.59. The molecule has 1 saturated carbocycles. The fraction of sp³-hybridized carbons (Fsp3) is 0.333. The van der Waals surface area contributed by atoms with E-state index in [4.69, 9.17) is 5.73 Å². The average molecular weight is 299 g/mol. The van der Waals surface area contributed by atoms with Crippen molar-refractivity contribution in [2.45, 2.75) is 31.2 Å². The molecule has 0 spiro atoms. The van der Waals surface area contributed by atoms with Gasteiger partial charge in [0.15, 0.2) is 0 Å². The van der Waals surface area contributed by atoms with Gasteiger partial charge in [-0.3, -0.25) is 14.2 Å². The molecule has 0 bridgehead atoms. The van der Waals surface area contributed by atoms with Gasteiger partial charge in [-0.25, -0.2) is 0 Å². The van der Waals surface area contributed by atoms with Gasteiger partial charge < -0.3 is 11.1 Å². The number of nitrogens with one attached hydrogen (secondary N) is 1. The molecular weight excluding hydrogens is 282 g/mol. The van der Waals surface area contributed by atoms with Crippen molar-refractivity contribution in [3.8, 4) is 5.69 Å². The molecule has 1 aliphatic carbocycles. The third kappa shape index (κ3) is 2.57. The molecule has 22 heavy (non-hydrogen) atoms. The lowest BCUT2D eigenvalue weighted by Gasteiger charge is -2.26. The predicted octanol–water partition coefficient (Wildman–Crippen LogP) is 0.795. The molecule has 0 saturated heterocycles. The van der Waals surface area contributed by atoms with Crippen LogP contribution in [0.5, 0.6) is 0 Å². The topological polar surface area (TPSA) is 103 Å². The number of primary amides is 1. The molecule has 0 aliphatic heterocycles. The Kier molecular flexibility index (Phi) is 3.62. The van der Waals surface area contributed by atoms with Gasteiger partial charge in [-0.15, -0.1) is 10.2 Å². The highest BCUT2D eigenvalue weighted by Gasteiger charge is 2.40. The van der Waals surface area contributed by atoms with E-state index in [1.54, 1.807) is 35.4 Å². The van der Waals surface area contributed by atoms with Gasteiger partial charge in [0.05, 0.1) is 0 Å². The number of hydrogen-bond acceptors (Lipinski definition) is 4. The number of amides is 2. The van der Waals surface area contributed by atoms with E-state index in [2.05, 4.69) is 15.5 Å². The number of nitrogens with zero attached hydrogens (tertiary/aromatic N) is 3. The summed E-state index contributed by atoms with van der Waals surface area (Å²) in [6, 6.07) is 7.05. The minimum atomic E-state index is -0.913. The van der Waals surface area contributed by atoms with Crippen molar-refractivity contribution in [3.05, 3.63) is 42.5 Å². The van der Waals surface area contributed by atoms with Crippen LogP contribution >= 0.6 is 0 Å². The lowest BCUT2D eigenvalue weighted by atomic mass is 9.96. The summed E-state index contributed by atoms with van der Waals surface area (Å²) < 4.78 is 1.70. The minimum absolute atomic E-state index is 0.296. The highest BCUT2D eigenvalue weighted by molar-refractivity contribution is 5.99. The van der Waals surface area contributed by atoms with E-state index in [1.165, 1.54) is 0 Å². The molecule has 0 atom stereocenters. The first-order valence-corrected chi connectivity index (χ1v) is 7.18. The maximum atomic E-state index is 12.5. The maximum absolute atomic E-state index is 12.5. The van der Waals surface area contributed by atoms with Crippen molar-refractivity contribution in [1.82, 2.24) is 20.1 Å². The number of rotatable bonds is 4. The summed E-state index contributed by atoms with van der Waals surface area (Å²) in [6.45, 7) is 0. The van der Waals surface area contributed by atoms with Crippen molar-refractivity contribution >= 4 is 11.8 Å². The first kappa shape index (κ1) is 14.2. The van der Waals surface area contributed by atoms with Crippen molar-refractivity contribution in [3.63, 3.8) is 0 Å². The van der Waals surface area contributed by atoms with E-state index in [1.807, 2.05) is 6.07 Å². The summed E-state index contributed by atoms with van der Waals surface area (Å²) in [5, 5.41) is 10.3. The zero-order valence-electron chi connectivity index (χ0n) is 12.0. The van der Waals surface area contributed by atoms with E-state index in [-0.39, 0.29) is 5.91 Å². The van der Waals surface area contributed by atoms with E-state index >= 15 is 0 Å². The summed E-state index contributed by atoms with van der Waals surface area (Å²) in [5.74, 6) is -0.760. The molecule has 2 aromatic rings. The largest absolute Gasteiger partial charge is 0.368 e. The van der Waals surface area contributed by atoms with Crippen LogP contribution in [0, 0.1) is 0 Å². The maximum Gasteiger partial charge on any atom is 0.252 e. The third-order valence-electron chi connectivity index (χ3n) is 4.11. The van der Waals surface area contributed by atoms with Crippen LogP contribution in [0.15, 0.2) is 36.9 Å². The summed E-state index contributed by atoms with van der Waals surface area (Å²) >= 11 is 0. The van der Waals surface area contributed by atoms with Crippen molar-refractivity contribution in [2.24, 2.45) is 5.73 Å². The van der Waals surface area contributed by atoms with Gasteiger partial charge in [-0.05, 0) is 31.0 Å². The third-order valence-corrected chi connectivity index (χ3v) is 4.11. The Balaban J connectivity index is 1.83. The molecule has 0 unspecified atom stereocenters. The van der Waals surface area contributed by atoms with Gasteiger partial charge >= 0.3 is 0 Å². The Morgan fingerprint density at radius 1 is 1.18 bits per heavy atom. The number of carbonyl (C=O) groups is 2. The lowest BCUT2D eigenvalue weighted by Crippen LogP contribution is -2.55. The Hall–Kier alpha value is -2.70. The second-order valence-electron chi connectivity index (χ2n) is 5.53. The Morgan fingerprint density at radius 2 is 1.86 bits per heavy atom. The summed E-state index contributed by atoms with van der Waals surface area (Å²) in [5.41, 5.74) is 5.83. The molecule has 2 amide bonds. The molecule has 1 heterocycles. The van der Waals surface area contributed by atoms with Crippen molar-refractivity contribution < 1.29 is 9.59 Å². The molecule has 114 valence electrons. The van der Waals surface area contributed by atoms with E-state index in [0.29, 0.717) is 18.4 Å². The van der Waals surface area contributed by atoms with E-state index < -0.39 is 11.4 Å². The Bertz CT molecular complexity index is 690. The number of benzene rings is 1. The van der Waals surface area contributed by atoms with E-state index in [9.17, 15) is 9.59 Å². The predicted molar refractivity (Wildman–Crippen MR) is 79.2 cm³/mol. The van der Waals surface area contributed by atoms with Crippen molar-refractivity contribution in [1.29, 1.82) is 0 Å². The van der Waals surface area contributed by atoms with Gasteiger partial charge in [-0.1, -0.05) is 18.9 Å². The number of nitrogens with two attached hydrogens (primary N) is 1. The SMILES string of the molecule is NC(=O)C1(NC(=O)c2cccc(-n3cnnc3)c2)CCCC1. The molecule has 3 rings (SSSR count). The van der Waals surface area contributed by atoms with Crippen LogP contribution in [0.3, 0.4) is 0 Å². The van der Waals surface area contributed by atoms with Gasteiger partial charge in [0.25, 0.3) is 5.91 Å². The quantitative estimate of drug-likeness (QED) is 0.871. The molecular formula is C15H17N5O2. The summed E-state index contributed by atoms with van der Waals surface area (Å²) in [7, 11) is 0. The van der Waals surface area contributed by atoms with Gasteiger partial charge in [0.1, 0.15) is 18.2 Å². The van der Waals surface area contributed by atoms with Crippen LogP contribution < -0.4 is 11.1 Å². The summed E-state index contributed by atoms with van der Waals surface area (Å²) in [4.78, 5) is 24.2. The molecule has 1 aromatic carbocycles. The smallest absolute Gasteiger partial charge is 0.252 e. The highest BCUT2D eigenvalue weighted by Crippen LogP contribution is 2.29. The fourth-order valence-corrected chi connectivity index (χ4v) is 2.84. The van der Waals surface area contributed by atoms with Gasteiger partial charge in [0.2, 0.25) is 5.91 Å². The fourth-order valence-electron chi connectivity index (χ4n) is 2.84. The standard InChI is InChI=1S/C15H17N5O2/c16-14(22)15(6-1-2-7-15)19-13(21)11-4-3-5-12(8-11)20-9-17-18-10-20/h3-5,8-10H,1-2,6-7H2,(H2,16,22)(H,19,21). The zero-order valence-corrected chi connectivity index (χ0v) is 12.0. The van der Waals surface area contributed by atoms with Gasteiger partial charge in [-0.2, -0.15) is 0 Å². The highest BCUT2D eigenvalue weighted by atomic mass is 16.2. The zero-order chi connectivity index (χ0) is 15.6. The molecule has 1 aliphatic rings. The molecule has 0 radical (unpaired) electrons. The van der Waals surface area contributed by atoms with Crippen molar-refractivity contribution in [2.75, 3.05) is 0 Å². The van der Waals surface area contributed by atoms with E-state index in [0.717, 1.165) is 18.5 Å². The first-order chi connectivity index (χ1) is 10.6. The summed E-state index contributed by atoms with van der Waals surface area (Å²) in [6.07, 6.45) is 6.09. The molecule has 7 nitrogen and oxygen atoms in total. The average Bonchev–Trinajstić information content (AvgIpc) is 3.19. The number of aromatic nitrogens is 3. The molecule has 1 fully saturated rings.